The highest BCUT2D eigenvalue weighted by Gasteiger charge is 2.38. The van der Waals surface area contributed by atoms with Crippen LogP contribution in [0.15, 0.2) is 18.2 Å². The minimum atomic E-state index is -4.98. The molecule has 0 unspecified atom stereocenters. The average molecular weight is 341 g/mol. The van der Waals surface area contributed by atoms with Crippen LogP contribution >= 0.6 is 0 Å². The van der Waals surface area contributed by atoms with Crippen LogP contribution in [0.3, 0.4) is 0 Å². The van der Waals surface area contributed by atoms with Crippen molar-refractivity contribution >= 4 is 5.91 Å². The number of ether oxygens (including phenoxy) is 1. The number of morpholine rings is 1. The van der Waals surface area contributed by atoms with Crippen LogP contribution < -0.4 is 0 Å². The van der Waals surface area contributed by atoms with Crippen molar-refractivity contribution < 1.29 is 35.9 Å². The fourth-order valence-electron chi connectivity index (χ4n) is 2.26. The third kappa shape index (κ3) is 4.15. The van der Waals surface area contributed by atoms with Crippen LogP contribution in [0.2, 0.25) is 0 Å². The third-order valence-corrected chi connectivity index (χ3v) is 3.36. The molecule has 1 aliphatic rings. The third-order valence-electron chi connectivity index (χ3n) is 3.36. The number of rotatable bonds is 1. The van der Waals surface area contributed by atoms with E-state index in [1.165, 1.54) is 4.90 Å². The predicted octanol–water partition coefficient (Wildman–Crippen LogP) is 3.59. The van der Waals surface area contributed by atoms with Crippen LogP contribution in [0.5, 0.6) is 0 Å². The average Bonchev–Trinajstić information content (AvgIpc) is 2.44. The summed E-state index contributed by atoms with van der Waals surface area (Å²) in [7, 11) is 0. The fourth-order valence-corrected chi connectivity index (χ4v) is 2.26. The molecule has 0 aromatic heterocycles. The molecule has 0 bridgehead atoms. The van der Waals surface area contributed by atoms with Gasteiger partial charge < -0.3 is 9.64 Å². The molecule has 1 aromatic rings. The molecule has 0 radical (unpaired) electrons. The summed E-state index contributed by atoms with van der Waals surface area (Å²) in [4.78, 5) is 13.4. The molecule has 0 saturated carbocycles. The van der Waals surface area contributed by atoms with Gasteiger partial charge in [-0.15, -0.1) is 0 Å². The minimum Gasteiger partial charge on any atom is -0.375 e. The molecular weight excluding hydrogens is 328 g/mol. The Bertz CT molecular complexity index is 564. The number of carbonyl (C=O) groups is 1. The molecule has 3 nitrogen and oxygen atoms in total. The smallest absolute Gasteiger partial charge is 0.375 e. The van der Waals surface area contributed by atoms with Gasteiger partial charge in [-0.05, 0) is 25.1 Å². The Kier molecular flexibility index (Phi) is 4.61. The van der Waals surface area contributed by atoms with Gasteiger partial charge in [-0.1, -0.05) is 0 Å². The first-order valence-electron chi connectivity index (χ1n) is 6.69. The van der Waals surface area contributed by atoms with Crippen LogP contribution in [0, 0.1) is 0 Å². The summed E-state index contributed by atoms with van der Waals surface area (Å²) in [6.45, 7) is 2.06. The Morgan fingerprint density at radius 2 is 1.61 bits per heavy atom. The van der Waals surface area contributed by atoms with E-state index in [1.54, 1.807) is 6.92 Å². The zero-order chi connectivity index (χ0) is 17.4. The molecule has 1 amide bonds. The lowest BCUT2D eigenvalue weighted by Gasteiger charge is -2.31. The molecule has 0 spiro atoms. The maximum absolute atomic E-state index is 12.8. The van der Waals surface area contributed by atoms with E-state index in [1.807, 2.05) is 0 Å². The molecule has 128 valence electrons. The zero-order valence-corrected chi connectivity index (χ0v) is 12.0. The van der Waals surface area contributed by atoms with E-state index in [0.717, 1.165) is 0 Å². The van der Waals surface area contributed by atoms with Crippen molar-refractivity contribution in [3.8, 4) is 0 Å². The van der Waals surface area contributed by atoms with Crippen molar-refractivity contribution in [2.24, 2.45) is 0 Å². The van der Waals surface area contributed by atoms with Gasteiger partial charge in [-0.25, -0.2) is 0 Å². The first-order valence-corrected chi connectivity index (χ1v) is 6.69. The quantitative estimate of drug-likeness (QED) is 0.731. The van der Waals surface area contributed by atoms with Crippen LogP contribution in [-0.4, -0.2) is 36.6 Å². The second kappa shape index (κ2) is 6.03. The summed E-state index contributed by atoms with van der Waals surface area (Å²) >= 11 is 0. The molecule has 9 heteroatoms. The van der Waals surface area contributed by atoms with Gasteiger partial charge in [0.2, 0.25) is 0 Å². The number of hydrogen-bond donors (Lipinski definition) is 0. The van der Waals surface area contributed by atoms with Gasteiger partial charge in [0.25, 0.3) is 5.91 Å². The van der Waals surface area contributed by atoms with Gasteiger partial charge in [0.05, 0.1) is 23.8 Å². The predicted molar refractivity (Wildman–Crippen MR) is 67.8 cm³/mol. The maximum atomic E-state index is 12.8. The second-order valence-corrected chi connectivity index (χ2v) is 5.23. The second-order valence-electron chi connectivity index (χ2n) is 5.23. The van der Waals surface area contributed by atoms with E-state index in [4.69, 9.17) is 4.74 Å². The number of halogens is 6. The Morgan fingerprint density at radius 3 is 2.04 bits per heavy atom. The highest BCUT2D eigenvalue weighted by Crippen LogP contribution is 2.36. The minimum absolute atomic E-state index is 0.00127. The van der Waals surface area contributed by atoms with E-state index in [2.05, 4.69) is 0 Å². The molecule has 1 heterocycles. The Hall–Kier alpha value is -1.77. The highest BCUT2D eigenvalue weighted by molar-refractivity contribution is 5.94. The van der Waals surface area contributed by atoms with Crippen LogP contribution in [0.1, 0.15) is 28.4 Å². The molecule has 2 rings (SSSR count). The zero-order valence-electron chi connectivity index (χ0n) is 12.0. The van der Waals surface area contributed by atoms with Gasteiger partial charge in [-0.2, -0.15) is 26.3 Å². The molecule has 23 heavy (non-hydrogen) atoms. The molecule has 0 aliphatic carbocycles. The van der Waals surface area contributed by atoms with Crippen molar-refractivity contribution in [1.82, 2.24) is 4.90 Å². The summed E-state index contributed by atoms with van der Waals surface area (Å²) in [6, 6.07) is 0.883. The number of nitrogens with zero attached hydrogens (tertiary/aromatic N) is 1. The van der Waals surface area contributed by atoms with Crippen molar-refractivity contribution in [3.63, 3.8) is 0 Å². The number of benzene rings is 1. The van der Waals surface area contributed by atoms with Gasteiger partial charge >= 0.3 is 12.4 Å². The molecule has 1 atom stereocenters. The topological polar surface area (TPSA) is 29.5 Å². The maximum Gasteiger partial charge on any atom is 0.416 e. The van der Waals surface area contributed by atoms with Crippen molar-refractivity contribution in [2.75, 3.05) is 19.7 Å². The monoisotopic (exact) mass is 341 g/mol. The van der Waals surface area contributed by atoms with Gasteiger partial charge in [0.15, 0.2) is 0 Å². The summed E-state index contributed by atoms with van der Waals surface area (Å²) in [6.07, 6.45) is -10.3. The lowest BCUT2D eigenvalue weighted by Crippen LogP contribution is -2.44. The Labute approximate surface area is 127 Å². The van der Waals surface area contributed by atoms with E-state index >= 15 is 0 Å². The Morgan fingerprint density at radius 1 is 1.09 bits per heavy atom. The highest BCUT2D eigenvalue weighted by atomic mass is 19.4. The molecule has 1 fully saturated rings. The molecule has 1 aromatic carbocycles. The number of hydrogen-bond acceptors (Lipinski definition) is 2. The van der Waals surface area contributed by atoms with E-state index < -0.39 is 35.0 Å². The summed E-state index contributed by atoms with van der Waals surface area (Å²) in [5.41, 5.74) is -3.64. The Balaban J connectivity index is 2.42. The normalized spacial score (nSPS) is 19.8. The van der Waals surface area contributed by atoms with Gasteiger partial charge in [0, 0.05) is 18.7 Å². The van der Waals surface area contributed by atoms with E-state index in [0.29, 0.717) is 12.1 Å². The standard InChI is InChI=1S/C14H13F6NO2/c1-8-7-21(2-3-23-8)12(22)9-4-10(13(15,16)17)6-11(5-9)14(18,19)20/h4-6,8H,2-3,7H2,1H3/t8-/m0/s1. The van der Waals surface area contributed by atoms with Crippen molar-refractivity contribution in [3.05, 3.63) is 34.9 Å². The van der Waals surface area contributed by atoms with E-state index in [-0.39, 0.29) is 31.9 Å². The number of amides is 1. The van der Waals surface area contributed by atoms with Crippen LogP contribution in [0.4, 0.5) is 26.3 Å². The van der Waals surface area contributed by atoms with E-state index in [9.17, 15) is 31.1 Å². The molecular formula is C14H13F6NO2. The summed E-state index contributed by atoms with van der Waals surface area (Å²) in [5.74, 6) is -0.878. The largest absolute Gasteiger partial charge is 0.416 e. The summed E-state index contributed by atoms with van der Waals surface area (Å²) < 4.78 is 81.9. The fraction of sp³-hybridized carbons (Fsp3) is 0.500. The molecule has 1 aliphatic heterocycles. The summed E-state index contributed by atoms with van der Waals surface area (Å²) in [5, 5.41) is 0. The van der Waals surface area contributed by atoms with Gasteiger partial charge in [-0.3, -0.25) is 4.79 Å². The molecule has 1 saturated heterocycles. The first-order chi connectivity index (χ1) is 10.5. The van der Waals surface area contributed by atoms with Crippen LogP contribution in [0.25, 0.3) is 0 Å². The lowest BCUT2D eigenvalue weighted by atomic mass is 10.0. The first kappa shape index (κ1) is 17.6. The number of carbonyl (C=O) groups excluding carboxylic acids is 1. The lowest BCUT2D eigenvalue weighted by molar-refractivity contribution is -0.143. The van der Waals surface area contributed by atoms with Gasteiger partial charge in [0.1, 0.15) is 0 Å². The van der Waals surface area contributed by atoms with Crippen molar-refractivity contribution in [2.45, 2.75) is 25.4 Å². The molecule has 0 N–H and O–H groups in total. The van der Waals surface area contributed by atoms with Crippen LogP contribution in [-0.2, 0) is 17.1 Å². The SMILES string of the molecule is C[C@H]1CN(C(=O)c2cc(C(F)(F)F)cc(C(F)(F)F)c2)CCO1. The van der Waals surface area contributed by atoms with Crippen molar-refractivity contribution in [1.29, 1.82) is 0 Å². The number of alkyl halides is 6.